The topological polar surface area (TPSA) is 79.5 Å². The first-order valence-electron chi connectivity index (χ1n) is 11.7. The average Bonchev–Trinajstić information content (AvgIpc) is 3.09. The summed E-state index contributed by atoms with van der Waals surface area (Å²) in [5.74, 6) is 1.98. The molecule has 2 N–H and O–H groups in total. The van der Waals surface area contributed by atoms with Crippen LogP contribution in [-0.4, -0.2) is 35.6 Å². The molecule has 3 aromatic rings. The molecule has 2 aromatic carbocycles. The van der Waals surface area contributed by atoms with Crippen LogP contribution in [0.5, 0.6) is 5.75 Å². The van der Waals surface area contributed by atoms with Crippen molar-refractivity contribution in [3.63, 3.8) is 0 Å². The predicted octanol–water partition coefficient (Wildman–Crippen LogP) is 4.21. The van der Waals surface area contributed by atoms with Crippen LogP contribution in [0.15, 0.2) is 42.6 Å². The van der Waals surface area contributed by atoms with Crippen molar-refractivity contribution < 1.29 is 14.0 Å². The van der Waals surface area contributed by atoms with Crippen molar-refractivity contribution in [2.24, 2.45) is 17.3 Å². The van der Waals surface area contributed by atoms with Crippen LogP contribution >= 0.6 is 0 Å². The summed E-state index contributed by atoms with van der Waals surface area (Å²) in [7, 11) is 1.28. The van der Waals surface area contributed by atoms with E-state index in [1.807, 2.05) is 30.3 Å². The standard InChI is InChI=1S/C26H30BN3O3/c1-24(2)16-11-23(24)26(4)25(3,13-16)32-27(33-26)17-7-9-22(31-5)19(12-17)15-6-8-18-20(28)14-29-30-21(18)10-15/h6-10,12,14,16,23H,11,13H2,1-5H3,(H2,28,30)/t16-,23-,25+,26-/m0/s1. The fourth-order valence-corrected chi connectivity index (χ4v) is 6.68. The SMILES string of the molecule is COc1ccc(B2O[C@]3(C)C[C@@H]4C[C@@H](C4(C)C)[C@]3(C)O2)cc1-c1ccc2c(N)cnnc2c1. The Labute approximate surface area is 195 Å². The second-order valence-corrected chi connectivity index (χ2v) is 10.9. The second-order valence-electron chi connectivity index (χ2n) is 10.9. The minimum absolute atomic E-state index is 0.281. The molecule has 2 bridgehead atoms. The molecule has 170 valence electrons. The normalized spacial score (nSPS) is 31.8. The first-order valence-corrected chi connectivity index (χ1v) is 11.7. The van der Waals surface area contributed by atoms with Crippen LogP contribution in [0, 0.1) is 17.3 Å². The highest BCUT2D eigenvalue weighted by Gasteiger charge is 2.72. The Balaban J connectivity index is 1.39. The van der Waals surface area contributed by atoms with Gasteiger partial charge in [-0.3, -0.25) is 0 Å². The lowest BCUT2D eigenvalue weighted by atomic mass is 9.41. The summed E-state index contributed by atoms with van der Waals surface area (Å²) in [5.41, 5.74) is 10.1. The van der Waals surface area contributed by atoms with Gasteiger partial charge in [0, 0.05) is 10.9 Å². The fraction of sp³-hybridized carbons (Fsp3) is 0.462. The maximum absolute atomic E-state index is 6.78. The van der Waals surface area contributed by atoms with Gasteiger partial charge in [0.05, 0.1) is 35.7 Å². The lowest BCUT2D eigenvalue weighted by molar-refractivity contribution is -0.234. The smallest absolute Gasteiger partial charge is 0.494 e. The number of nitrogens with two attached hydrogens (primary N) is 1. The highest BCUT2D eigenvalue weighted by atomic mass is 16.7. The van der Waals surface area contributed by atoms with Gasteiger partial charge in [-0.1, -0.05) is 32.0 Å². The first-order chi connectivity index (χ1) is 15.7. The first kappa shape index (κ1) is 20.9. The largest absolute Gasteiger partial charge is 0.496 e. The van der Waals surface area contributed by atoms with Crippen molar-refractivity contribution in [1.29, 1.82) is 0 Å². The number of nitrogens with zero attached hydrogens (tertiary/aromatic N) is 2. The molecule has 7 rings (SSSR count). The molecule has 0 amide bonds. The van der Waals surface area contributed by atoms with Crippen molar-refractivity contribution in [2.75, 3.05) is 12.8 Å². The number of ether oxygens (including phenoxy) is 1. The van der Waals surface area contributed by atoms with Crippen LogP contribution in [0.25, 0.3) is 22.0 Å². The van der Waals surface area contributed by atoms with Crippen LogP contribution in [0.3, 0.4) is 0 Å². The number of nitrogen functional groups attached to an aromatic ring is 1. The van der Waals surface area contributed by atoms with Gasteiger partial charge in [-0.05, 0) is 73.2 Å². The van der Waals surface area contributed by atoms with Gasteiger partial charge < -0.3 is 19.8 Å². The lowest BCUT2D eigenvalue weighted by Gasteiger charge is -2.67. The zero-order valence-corrected chi connectivity index (χ0v) is 19.9. The number of anilines is 1. The third-order valence-electron chi connectivity index (χ3n) is 9.02. The predicted molar refractivity (Wildman–Crippen MR) is 130 cm³/mol. The zero-order chi connectivity index (χ0) is 23.2. The minimum atomic E-state index is -0.407. The van der Waals surface area contributed by atoms with E-state index in [0.717, 1.165) is 39.7 Å². The third-order valence-corrected chi connectivity index (χ3v) is 9.02. The van der Waals surface area contributed by atoms with Crippen molar-refractivity contribution in [3.8, 4) is 16.9 Å². The van der Waals surface area contributed by atoms with E-state index in [9.17, 15) is 0 Å². The Morgan fingerprint density at radius 3 is 2.67 bits per heavy atom. The number of hydrogen-bond donors (Lipinski definition) is 1. The lowest BCUT2D eigenvalue weighted by Crippen LogP contribution is -2.70. The Bertz CT molecular complexity index is 1280. The summed E-state index contributed by atoms with van der Waals surface area (Å²) in [5, 5.41) is 9.15. The summed E-state index contributed by atoms with van der Waals surface area (Å²) in [6.07, 6.45) is 3.84. The zero-order valence-electron chi connectivity index (χ0n) is 19.9. The van der Waals surface area contributed by atoms with Crippen LogP contribution in [0.1, 0.15) is 40.5 Å². The molecule has 0 radical (unpaired) electrons. The van der Waals surface area contributed by atoms with Gasteiger partial charge in [0.2, 0.25) is 0 Å². The number of methoxy groups -OCH3 is 1. The minimum Gasteiger partial charge on any atom is -0.496 e. The molecule has 2 heterocycles. The van der Waals surface area contributed by atoms with E-state index < -0.39 is 7.12 Å². The maximum atomic E-state index is 6.78. The molecule has 7 heteroatoms. The van der Waals surface area contributed by atoms with Crippen LogP contribution in [0.4, 0.5) is 5.69 Å². The molecule has 1 aliphatic heterocycles. The third kappa shape index (κ3) is 2.75. The molecule has 33 heavy (non-hydrogen) atoms. The molecule has 0 unspecified atom stereocenters. The monoisotopic (exact) mass is 443 g/mol. The van der Waals surface area contributed by atoms with Crippen LogP contribution in [-0.2, 0) is 9.31 Å². The van der Waals surface area contributed by atoms with Crippen molar-refractivity contribution in [3.05, 3.63) is 42.6 Å². The maximum Gasteiger partial charge on any atom is 0.494 e. The number of fused-ring (bicyclic) bond motifs is 1. The quantitative estimate of drug-likeness (QED) is 0.611. The molecular formula is C26H30BN3O3. The number of benzene rings is 2. The van der Waals surface area contributed by atoms with Gasteiger partial charge in [-0.2, -0.15) is 10.2 Å². The Kier molecular flexibility index (Phi) is 4.25. The number of rotatable bonds is 3. The van der Waals surface area contributed by atoms with Gasteiger partial charge in [0.1, 0.15) is 5.75 Å². The summed E-state index contributed by atoms with van der Waals surface area (Å²) >= 11 is 0. The summed E-state index contributed by atoms with van der Waals surface area (Å²) in [4.78, 5) is 0. The second kappa shape index (κ2) is 6.70. The Morgan fingerprint density at radius 1 is 1.09 bits per heavy atom. The van der Waals surface area contributed by atoms with Gasteiger partial charge in [0.25, 0.3) is 0 Å². The summed E-state index contributed by atoms with van der Waals surface area (Å²) in [6.45, 7) is 9.26. The molecule has 4 aliphatic rings. The number of aromatic nitrogens is 2. The highest BCUT2D eigenvalue weighted by Crippen LogP contribution is 2.69. The summed E-state index contributed by atoms with van der Waals surface area (Å²) < 4.78 is 19.2. The van der Waals surface area contributed by atoms with Crippen molar-refractivity contribution >= 4 is 29.2 Å². The van der Waals surface area contributed by atoms with Crippen LogP contribution < -0.4 is 15.9 Å². The molecule has 1 aromatic heterocycles. The van der Waals surface area contributed by atoms with E-state index in [0.29, 0.717) is 22.9 Å². The van der Waals surface area contributed by atoms with Gasteiger partial charge in [-0.25, -0.2) is 0 Å². The van der Waals surface area contributed by atoms with E-state index >= 15 is 0 Å². The molecule has 0 spiro atoms. The molecule has 3 saturated carbocycles. The van der Waals surface area contributed by atoms with E-state index in [-0.39, 0.29) is 11.2 Å². The van der Waals surface area contributed by atoms with E-state index in [2.05, 4.69) is 44.0 Å². The van der Waals surface area contributed by atoms with Gasteiger partial charge in [-0.15, -0.1) is 0 Å². The van der Waals surface area contributed by atoms with Gasteiger partial charge >= 0.3 is 7.12 Å². The Hall–Kier alpha value is -2.64. The highest BCUT2D eigenvalue weighted by molar-refractivity contribution is 6.62. The molecule has 4 fully saturated rings. The van der Waals surface area contributed by atoms with Crippen molar-refractivity contribution in [1.82, 2.24) is 10.2 Å². The Morgan fingerprint density at radius 2 is 1.91 bits per heavy atom. The molecule has 1 saturated heterocycles. The number of hydrogen-bond acceptors (Lipinski definition) is 6. The van der Waals surface area contributed by atoms with E-state index in [1.165, 1.54) is 6.42 Å². The molecule has 4 atom stereocenters. The van der Waals surface area contributed by atoms with Gasteiger partial charge in [0.15, 0.2) is 0 Å². The van der Waals surface area contributed by atoms with E-state index in [1.54, 1.807) is 13.3 Å². The molecular weight excluding hydrogens is 413 g/mol. The van der Waals surface area contributed by atoms with E-state index in [4.69, 9.17) is 19.8 Å². The molecule has 6 nitrogen and oxygen atoms in total. The fourth-order valence-electron chi connectivity index (χ4n) is 6.68. The average molecular weight is 443 g/mol. The molecule has 3 aliphatic carbocycles. The van der Waals surface area contributed by atoms with Crippen LogP contribution in [0.2, 0.25) is 0 Å². The van der Waals surface area contributed by atoms with Crippen molar-refractivity contribution in [2.45, 2.75) is 51.7 Å². The summed E-state index contributed by atoms with van der Waals surface area (Å²) in [6, 6.07) is 12.2.